The third-order valence-corrected chi connectivity index (χ3v) is 4.13. The second-order valence-electron chi connectivity index (χ2n) is 5.44. The van der Waals surface area contributed by atoms with Crippen molar-refractivity contribution >= 4 is 28.9 Å². The highest BCUT2D eigenvalue weighted by Crippen LogP contribution is 2.31. The van der Waals surface area contributed by atoms with Gasteiger partial charge in [-0.1, -0.05) is 11.6 Å². The Hall–Kier alpha value is -2.14. The first-order chi connectivity index (χ1) is 11.0. The smallest absolute Gasteiger partial charge is 0.258 e. The van der Waals surface area contributed by atoms with Crippen LogP contribution in [-0.2, 0) is 0 Å². The number of nitrogens with zero attached hydrogens (tertiary/aromatic N) is 1. The molecule has 0 saturated carbocycles. The van der Waals surface area contributed by atoms with Crippen LogP contribution in [0.1, 0.15) is 23.2 Å². The van der Waals surface area contributed by atoms with Crippen molar-refractivity contribution < 1.29 is 13.6 Å². The fraction of sp³-hybridized carbons (Fsp3) is 0.235. The van der Waals surface area contributed by atoms with Gasteiger partial charge in [0.25, 0.3) is 5.91 Å². The predicted octanol–water partition coefficient (Wildman–Crippen LogP) is 4.47. The number of amides is 1. The molecule has 2 aromatic rings. The molecule has 0 unspecified atom stereocenters. The molecule has 1 aliphatic rings. The van der Waals surface area contributed by atoms with Crippen LogP contribution in [0.5, 0.6) is 0 Å². The van der Waals surface area contributed by atoms with Gasteiger partial charge in [0.05, 0.1) is 16.3 Å². The van der Waals surface area contributed by atoms with E-state index < -0.39 is 17.5 Å². The van der Waals surface area contributed by atoms with Crippen molar-refractivity contribution in [2.24, 2.45) is 0 Å². The number of halogens is 3. The van der Waals surface area contributed by atoms with Gasteiger partial charge in [0.15, 0.2) is 0 Å². The van der Waals surface area contributed by atoms with Gasteiger partial charge in [-0.3, -0.25) is 4.79 Å². The first-order valence-electron chi connectivity index (χ1n) is 7.35. The number of nitrogens with one attached hydrogen (secondary N) is 1. The lowest BCUT2D eigenvalue weighted by Crippen LogP contribution is -2.18. The van der Waals surface area contributed by atoms with Crippen LogP contribution in [0.4, 0.5) is 20.2 Å². The molecule has 0 aromatic heterocycles. The molecule has 3 nitrogen and oxygen atoms in total. The average Bonchev–Trinajstić information content (AvgIpc) is 3.04. The van der Waals surface area contributed by atoms with Crippen LogP contribution in [0, 0.1) is 11.6 Å². The summed E-state index contributed by atoms with van der Waals surface area (Å²) < 4.78 is 26.8. The van der Waals surface area contributed by atoms with E-state index in [4.69, 9.17) is 11.6 Å². The molecule has 0 atom stereocenters. The van der Waals surface area contributed by atoms with E-state index in [1.807, 2.05) is 6.07 Å². The molecule has 1 saturated heterocycles. The molecule has 6 heteroatoms. The lowest BCUT2D eigenvalue weighted by Gasteiger charge is -2.19. The summed E-state index contributed by atoms with van der Waals surface area (Å²) in [5.74, 6) is -2.16. The molecule has 3 rings (SSSR count). The van der Waals surface area contributed by atoms with Crippen molar-refractivity contribution in [3.05, 3.63) is 58.6 Å². The van der Waals surface area contributed by atoms with Crippen molar-refractivity contribution in [2.75, 3.05) is 23.3 Å². The van der Waals surface area contributed by atoms with Gasteiger partial charge in [-0.15, -0.1) is 0 Å². The molecule has 1 aliphatic heterocycles. The van der Waals surface area contributed by atoms with Crippen LogP contribution < -0.4 is 10.2 Å². The molecule has 0 spiro atoms. The maximum atomic E-state index is 13.6. The lowest BCUT2D eigenvalue weighted by molar-refractivity contribution is 0.102. The standard InChI is InChI=1S/C17H15ClF2N2O/c18-14-10-12(4-6-16(14)22-7-1-2-8-22)21-17(23)13-9-11(19)3-5-15(13)20/h3-6,9-10H,1-2,7-8H2,(H,21,23). The molecule has 1 heterocycles. The van der Waals surface area contributed by atoms with E-state index >= 15 is 0 Å². The molecule has 1 N–H and O–H groups in total. The zero-order valence-corrected chi connectivity index (χ0v) is 13.0. The molecule has 23 heavy (non-hydrogen) atoms. The fourth-order valence-corrected chi connectivity index (χ4v) is 2.97. The molecule has 0 bridgehead atoms. The van der Waals surface area contributed by atoms with Gasteiger partial charge in [0.1, 0.15) is 11.6 Å². The summed E-state index contributed by atoms with van der Waals surface area (Å²) >= 11 is 6.27. The molecular weight excluding hydrogens is 322 g/mol. The van der Waals surface area contributed by atoms with E-state index in [1.54, 1.807) is 12.1 Å². The maximum absolute atomic E-state index is 13.6. The second kappa shape index (κ2) is 6.54. The van der Waals surface area contributed by atoms with Gasteiger partial charge >= 0.3 is 0 Å². The molecule has 120 valence electrons. The van der Waals surface area contributed by atoms with Crippen LogP contribution in [0.3, 0.4) is 0 Å². The molecule has 1 amide bonds. The van der Waals surface area contributed by atoms with Gasteiger partial charge in [-0.2, -0.15) is 0 Å². The van der Waals surface area contributed by atoms with Crippen molar-refractivity contribution in [3.8, 4) is 0 Å². The largest absolute Gasteiger partial charge is 0.370 e. The zero-order valence-electron chi connectivity index (χ0n) is 12.3. The summed E-state index contributed by atoms with van der Waals surface area (Å²) in [7, 11) is 0. The van der Waals surface area contributed by atoms with Crippen LogP contribution in [0.2, 0.25) is 5.02 Å². The fourth-order valence-electron chi connectivity index (χ4n) is 2.67. The SMILES string of the molecule is O=C(Nc1ccc(N2CCCC2)c(Cl)c1)c1cc(F)ccc1F. The van der Waals surface area contributed by atoms with Crippen LogP contribution in [0.25, 0.3) is 0 Å². The zero-order chi connectivity index (χ0) is 16.4. The van der Waals surface area contributed by atoms with Crippen LogP contribution in [0.15, 0.2) is 36.4 Å². The Labute approximate surface area is 137 Å². The number of anilines is 2. The summed E-state index contributed by atoms with van der Waals surface area (Å²) in [6.07, 6.45) is 2.27. The minimum absolute atomic E-state index is 0.343. The van der Waals surface area contributed by atoms with E-state index in [0.29, 0.717) is 10.7 Å². The maximum Gasteiger partial charge on any atom is 0.258 e. The Morgan fingerprint density at radius 2 is 1.83 bits per heavy atom. The molecule has 0 radical (unpaired) electrons. The van der Waals surface area contributed by atoms with Crippen molar-refractivity contribution in [1.29, 1.82) is 0 Å². The summed E-state index contributed by atoms with van der Waals surface area (Å²) in [5.41, 5.74) is 1.01. The molecule has 2 aromatic carbocycles. The first-order valence-corrected chi connectivity index (χ1v) is 7.73. The highest BCUT2D eigenvalue weighted by Gasteiger charge is 2.17. The molecular formula is C17H15ClF2N2O. The monoisotopic (exact) mass is 336 g/mol. The average molecular weight is 337 g/mol. The highest BCUT2D eigenvalue weighted by atomic mass is 35.5. The second-order valence-corrected chi connectivity index (χ2v) is 5.85. The summed E-state index contributed by atoms with van der Waals surface area (Å²) in [6, 6.07) is 7.90. The predicted molar refractivity (Wildman–Crippen MR) is 87.2 cm³/mol. The minimum atomic E-state index is -0.774. The lowest BCUT2D eigenvalue weighted by atomic mass is 10.2. The van der Waals surface area contributed by atoms with Gasteiger partial charge in [0.2, 0.25) is 0 Å². The van der Waals surface area contributed by atoms with Gasteiger partial charge in [-0.05, 0) is 49.2 Å². The van der Waals surface area contributed by atoms with E-state index in [9.17, 15) is 13.6 Å². The minimum Gasteiger partial charge on any atom is -0.370 e. The van der Waals surface area contributed by atoms with Crippen LogP contribution >= 0.6 is 11.6 Å². The molecule has 1 fully saturated rings. The van der Waals surface area contributed by atoms with Crippen LogP contribution in [-0.4, -0.2) is 19.0 Å². The van der Waals surface area contributed by atoms with Gasteiger partial charge < -0.3 is 10.2 Å². The van der Waals surface area contributed by atoms with Crippen molar-refractivity contribution in [3.63, 3.8) is 0 Å². The number of hydrogen-bond donors (Lipinski definition) is 1. The normalized spacial score (nSPS) is 14.1. The molecule has 0 aliphatic carbocycles. The third kappa shape index (κ3) is 3.45. The Morgan fingerprint density at radius 1 is 1.09 bits per heavy atom. The highest BCUT2D eigenvalue weighted by molar-refractivity contribution is 6.33. The quantitative estimate of drug-likeness (QED) is 0.896. The van der Waals surface area contributed by atoms with Crippen molar-refractivity contribution in [1.82, 2.24) is 0 Å². The van der Waals surface area contributed by atoms with E-state index in [-0.39, 0.29) is 5.56 Å². The first kappa shape index (κ1) is 15.7. The van der Waals surface area contributed by atoms with Gasteiger partial charge in [0, 0.05) is 18.8 Å². The summed E-state index contributed by atoms with van der Waals surface area (Å²) in [4.78, 5) is 14.2. The number of carbonyl (C=O) groups is 1. The summed E-state index contributed by atoms with van der Waals surface area (Å²) in [5, 5.41) is 3.05. The Morgan fingerprint density at radius 3 is 2.52 bits per heavy atom. The third-order valence-electron chi connectivity index (χ3n) is 3.83. The number of carbonyl (C=O) groups excluding carboxylic acids is 1. The van der Waals surface area contributed by atoms with E-state index in [1.165, 1.54) is 0 Å². The number of rotatable bonds is 3. The number of benzene rings is 2. The Kier molecular flexibility index (Phi) is 4.48. The van der Waals surface area contributed by atoms with E-state index in [0.717, 1.165) is 49.8 Å². The number of hydrogen-bond acceptors (Lipinski definition) is 2. The van der Waals surface area contributed by atoms with Gasteiger partial charge in [-0.25, -0.2) is 8.78 Å². The Balaban J connectivity index is 1.78. The van der Waals surface area contributed by atoms with Crippen molar-refractivity contribution in [2.45, 2.75) is 12.8 Å². The van der Waals surface area contributed by atoms with E-state index in [2.05, 4.69) is 10.2 Å². The summed E-state index contributed by atoms with van der Waals surface area (Å²) in [6.45, 7) is 1.92. The Bertz CT molecular complexity index is 745. The topological polar surface area (TPSA) is 32.3 Å².